The van der Waals surface area contributed by atoms with E-state index in [1.165, 1.54) is 6.07 Å². The Hall–Kier alpha value is -2.56. The Bertz CT molecular complexity index is 947. The van der Waals surface area contributed by atoms with E-state index in [0.29, 0.717) is 0 Å². The van der Waals surface area contributed by atoms with Gasteiger partial charge in [-0.3, -0.25) is 0 Å². The summed E-state index contributed by atoms with van der Waals surface area (Å²) in [5.74, 6) is -0.462. The molecule has 2 aliphatic heterocycles. The predicted octanol–water partition coefficient (Wildman–Crippen LogP) is 3.32. The third kappa shape index (κ3) is 3.78. The van der Waals surface area contributed by atoms with Crippen molar-refractivity contribution in [2.45, 2.75) is 38.9 Å². The van der Waals surface area contributed by atoms with Gasteiger partial charge in [0, 0.05) is 37.6 Å². The van der Waals surface area contributed by atoms with Crippen molar-refractivity contribution < 1.29 is 13.7 Å². The molecule has 2 aromatic rings. The Morgan fingerprint density at radius 3 is 1.87 bits per heavy atom. The molecule has 2 fully saturated rings. The lowest BCUT2D eigenvalue weighted by molar-refractivity contribution is 0.00578. The lowest BCUT2D eigenvalue weighted by atomic mass is 9.79. The summed E-state index contributed by atoms with van der Waals surface area (Å²) in [7, 11) is -0.354. The summed E-state index contributed by atoms with van der Waals surface area (Å²) in [5.41, 5.74) is 2.38. The van der Waals surface area contributed by atoms with Crippen LogP contribution in [-0.2, 0) is 9.31 Å². The highest BCUT2D eigenvalue weighted by Gasteiger charge is 2.51. The smallest absolute Gasteiger partial charge is 0.399 e. The molecule has 0 spiro atoms. The minimum Gasteiger partial charge on any atom is -0.399 e. The first-order valence-corrected chi connectivity index (χ1v) is 10.4. The monoisotopic (exact) mass is 407 g/mol. The van der Waals surface area contributed by atoms with Gasteiger partial charge in [0.15, 0.2) is 0 Å². The van der Waals surface area contributed by atoms with Gasteiger partial charge in [0.2, 0.25) is 0 Å². The highest BCUT2D eigenvalue weighted by molar-refractivity contribution is 6.62. The lowest BCUT2D eigenvalue weighted by Crippen LogP contribution is -2.46. The van der Waals surface area contributed by atoms with Crippen LogP contribution in [0.4, 0.5) is 15.8 Å². The third-order valence-electron chi connectivity index (χ3n) is 6.50. The topological polar surface area (TPSA) is 48.7 Å². The molecule has 0 atom stereocenters. The van der Waals surface area contributed by atoms with Gasteiger partial charge >= 0.3 is 7.12 Å². The van der Waals surface area contributed by atoms with E-state index in [9.17, 15) is 4.39 Å². The fraction of sp³-hybridized carbons (Fsp3) is 0.435. The quantitative estimate of drug-likeness (QED) is 0.731. The number of piperazine rings is 1. The van der Waals surface area contributed by atoms with Crippen molar-refractivity contribution in [3.05, 3.63) is 53.8 Å². The number of hydrogen-bond donors (Lipinski definition) is 0. The molecule has 2 saturated heterocycles. The third-order valence-corrected chi connectivity index (χ3v) is 6.50. The van der Waals surface area contributed by atoms with Crippen LogP contribution in [0.25, 0.3) is 0 Å². The van der Waals surface area contributed by atoms with Crippen molar-refractivity contribution in [3.63, 3.8) is 0 Å². The molecule has 2 heterocycles. The molecule has 30 heavy (non-hydrogen) atoms. The van der Waals surface area contributed by atoms with Crippen LogP contribution in [0.1, 0.15) is 33.3 Å². The van der Waals surface area contributed by atoms with Crippen LogP contribution in [-0.4, -0.2) is 44.5 Å². The SMILES string of the molecule is CC1(C)OB(c2ccc(N3CCN(c4ccc(C#N)c(F)c4)CC3)cc2)OC1(C)C. The average Bonchev–Trinajstić information content (AvgIpc) is 2.95. The lowest BCUT2D eigenvalue weighted by Gasteiger charge is -2.37. The largest absolute Gasteiger partial charge is 0.494 e. The molecular formula is C23H27BFN3O2. The molecule has 5 nitrogen and oxygen atoms in total. The van der Waals surface area contributed by atoms with E-state index in [-0.39, 0.29) is 23.9 Å². The molecule has 7 heteroatoms. The van der Waals surface area contributed by atoms with Gasteiger partial charge in [-0.25, -0.2) is 4.39 Å². The Morgan fingerprint density at radius 1 is 0.867 bits per heavy atom. The number of nitrogens with zero attached hydrogens (tertiary/aromatic N) is 3. The van der Waals surface area contributed by atoms with Crippen LogP contribution in [0.5, 0.6) is 0 Å². The van der Waals surface area contributed by atoms with E-state index < -0.39 is 5.82 Å². The second-order valence-electron chi connectivity index (χ2n) is 8.93. The minimum atomic E-state index is -0.462. The summed E-state index contributed by atoms with van der Waals surface area (Å²) in [5, 5.41) is 8.89. The molecule has 0 bridgehead atoms. The highest BCUT2D eigenvalue weighted by atomic mass is 19.1. The molecule has 4 rings (SSSR count). The van der Waals surface area contributed by atoms with Crippen LogP contribution in [0.3, 0.4) is 0 Å². The molecular weight excluding hydrogens is 380 g/mol. The summed E-state index contributed by atoms with van der Waals surface area (Å²) < 4.78 is 26.2. The van der Waals surface area contributed by atoms with Gasteiger partial charge in [0.05, 0.1) is 16.8 Å². The van der Waals surface area contributed by atoms with Crippen molar-refractivity contribution >= 4 is 24.0 Å². The molecule has 0 amide bonds. The second kappa shape index (κ2) is 7.61. The first-order valence-electron chi connectivity index (χ1n) is 10.4. The Morgan fingerprint density at radius 2 is 1.37 bits per heavy atom. The highest BCUT2D eigenvalue weighted by Crippen LogP contribution is 2.36. The summed E-state index contributed by atoms with van der Waals surface area (Å²) >= 11 is 0. The van der Waals surface area contributed by atoms with Crippen molar-refractivity contribution in [1.82, 2.24) is 0 Å². The number of benzene rings is 2. The fourth-order valence-electron chi connectivity index (χ4n) is 3.84. The van der Waals surface area contributed by atoms with Gasteiger partial charge in [-0.15, -0.1) is 0 Å². The van der Waals surface area contributed by atoms with E-state index >= 15 is 0 Å². The zero-order chi connectivity index (χ0) is 21.5. The second-order valence-corrected chi connectivity index (χ2v) is 8.93. The predicted molar refractivity (Wildman–Crippen MR) is 118 cm³/mol. The van der Waals surface area contributed by atoms with Crippen molar-refractivity contribution in [2.24, 2.45) is 0 Å². The zero-order valence-electron chi connectivity index (χ0n) is 18.0. The van der Waals surface area contributed by atoms with Crippen LogP contribution in [0.2, 0.25) is 0 Å². The van der Waals surface area contributed by atoms with Crippen LogP contribution < -0.4 is 15.3 Å². The molecule has 156 valence electrons. The number of nitriles is 1. The fourth-order valence-corrected chi connectivity index (χ4v) is 3.84. The molecule has 0 saturated carbocycles. The summed E-state index contributed by atoms with van der Waals surface area (Å²) in [6, 6.07) is 15.0. The molecule has 0 radical (unpaired) electrons. The van der Waals surface area contributed by atoms with Crippen LogP contribution >= 0.6 is 0 Å². The number of anilines is 2. The van der Waals surface area contributed by atoms with Gasteiger partial charge in [-0.2, -0.15) is 5.26 Å². The summed E-state index contributed by atoms with van der Waals surface area (Å²) in [4.78, 5) is 4.48. The zero-order valence-corrected chi connectivity index (χ0v) is 18.0. The average molecular weight is 407 g/mol. The first kappa shape index (κ1) is 20.7. The number of halogens is 1. The molecule has 0 aromatic heterocycles. The first-order chi connectivity index (χ1) is 14.2. The van der Waals surface area contributed by atoms with Gasteiger partial charge in [0.25, 0.3) is 0 Å². The van der Waals surface area contributed by atoms with Crippen LogP contribution in [0.15, 0.2) is 42.5 Å². The van der Waals surface area contributed by atoms with Gasteiger partial charge < -0.3 is 19.1 Å². The number of hydrogen-bond acceptors (Lipinski definition) is 5. The summed E-state index contributed by atoms with van der Waals surface area (Å²) in [6.45, 7) is 11.5. The van der Waals surface area contributed by atoms with E-state index in [1.54, 1.807) is 6.07 Å². The molecule has 0 aliphatic carbocycles. The van der Waals surface area contributed by atoms with E-state index in [4.69, 9.17) is 14.6 Å². The number of rotatable bonds is 3. The van der Waals surface area contributed by atoms with Crippen molar-refractivity contribution in [2.75, 3.05) is 36.0 Å². The molecule has 0 N–H and O–H groups in total. The summed E-state index contributed by atoms with van der Waals surface area (Å²) in [6.07, 6.45) is 0. The Balaban J connectivity index is 1.39. The van der Waals surface area contributed by atoms with Crippen molar-refractivity contribution in [1.29, 1.82) is 5.26 Å². The Labute approximate surface area is 178 Å². The maximum absolute atomic E-state index is 13.9. The van der Waals surface area contributed by atoms with Crippen molar-refractivity contribution in [3.8, 4) is 6.07 Å². The maximum Gasteiger partial charge on any atom is 0.494 e. The van der Waals surface area contributed by atoms with E-state index in [1.807, 2.05) is 12.1 Å². The Kier molecular flexibility index (Phi) is 5.25. The normalized spacial score (nSPS) is 20.3. The standard InChI is InChI=1S/C23H27BFN3O2/c1-22(2)23(3,4)30-24(29-22)18-6-9-19(10-7-18)27-11-13-28(14-12-27)20-8-5-17(16-26)21(25)15-20/h5-10,15H,11-14H2,1-4H3. The maximum atomic E-state index is 13.9. The van der Waals surface area contributed by atoms with Gasteiger partial charge in [0.1, 0.15) is 11.9 Å². The minimum absolute atomic E-state index is 0.0828. The van der Waals surface area contributed by atoms with Gasteiger partial charge in [-0.1, -0.05) is 12.1 Å². The molecule has 0 unspecified atom stereocenters. The van der Waals surface area contributed by atoms with Crippen LogP contribution in [0, 0.1) is 17.1 Å². The molecule has 2 aliphatic rings. The van der Waals surface area contributed by atoms with E-state index in [0.717, 1.165) is 43.0 Å². The van der Waals surface area contributed by atoms with E-state index in [2.05, 4.69) is 61.8 Å². The molecule has 2 aromatic carbocycles. The van der Waals surface area contributed by atoms with Gasteiger partial charge in [-0.05, 0) is 63.5 Å².